The molecule has 0 saturated heterocycles. The molecule has 0 aliphatic rings. The van der Waals surface area contributed by atoms with Gasteiger partial charge in [-0.3, -0.25) is 9.59 Å². The van der Waals surface area contributed by atoms with Crippen LogP contribution < -0.4 is 16.8 Å². The first kappa shape index (κ1) is 14.0. The molecule has 0 fully saturated rings. The Morgan fingerprint density at radius 2 is 2.11 bits per heavy atom. The maximum atomic E-state index is 11.8. The highest BCUT2D eigenvalue weighted by Gasteiger charge is 2.09. The topological polar surface area (TPSA) is 107 Å². The number of nitrogens with one attached hydrogen (secondary N) is 1. The van der Waals surface area contributed by atoms with Crippen molar-refractivity contribution in [3.63, 3.8) is 0 Å². The number of rotatable bonds is 6. The Balaban J connectivity index is 2.41. The molecule has 0 aliphatic carbocycles. The van der Waals surface area contributed by atoms with E-state index in [-0.39, 0.29) is 19.1 Å². The maximum absolute atomic E-state index is 11.8. The van der Waals surface area contributed by atoms with Crippen molar-refractivity contribution in [3.8, 4) is 0 Å². The molecular weight excluding hydrogens is 234 g/mol. The molecule has 1 aromatic rings. The van der Waals surface area contributed by atoms with Gasteiger partial charge < -0.3 is 21.5 Å². The zero-order chi connectivity index (χ0) is 13.5. The van der Waals surface area contributed by atoms with E-state index in [0.717, 1.165) is 5.56 Å². The van der Waals surface area contributed by atoms with Crippen LogP contribution in [-0.2, 0) is 9.53 Å². The fourth-order valence-corrected chi connectivity index (χ4v) is 1.40. The van der Waals surface area contributed by atoms with Crippen molar-refractivity contribution in [1.29, 1.82) is 0 Å². The molecule has 0 aliphatic heterocycles. The largest absolute Gasteiger partial charge is 0.398 e. The summed E-state index contributed by atoms with van der Waals surface area (Å²) in [5, 5.41) is 2.67. The fourth-order valence-electron chi connectivity index (χ4n) is 1.40. The number of hydrogen-bond acceptors (Lipinski definition) is 4. The van der Waals surface area contributed by atoms with Gasteiger partial charge in [0.15, 0.2) is 0 Å². The molecule has 1 aromatic carbocycles. The minimum absolute atomic E-state index is 0.146. The van der Waals surface area contributed by atoms with Crippen LogP contribution in [0.2, 0.25) is 0 Å². The van der Waals surface area contributed by atoms with Gasteiger partial charge in [0.05, 0.1) is 6.61 Å². The third kappa shape index (κ3) is 4.06. The van der Waals surface area contributed by atoms with Crippen LogP contribution in [0.3, 0.4) is 0 Å². The van der Waals surface area contributed by atoms with E-state index in [9.17, 15) is 9.59 Å². The van der Waals surface area contributed by atoms with Gasteiger partial charge in [-0.1, -0.05) is 6.07 Å². The summed E-state index contributed by atoms with van der Waals surface area (Å²) in [6.07, 6.45) is 0. The lowest BCUT2D eigenvalue weighted by atomic mass is 10.1. The molecule has 0 bridgehead atoms. The van der Waals surface area contributed by atoms with Gasteiger partial charge in [0.1, 0.15) is 6.61 Å². The van der Waals surface area contributed by atoms with Gasteiger partial charge >= 0.3 is 0 Å². The smallest absolute Gasteiger partial charge is 0.251 e. The van der Waals surface area contributed by atoms with E-state index in [1.165, 1.54) is 0 Å². The summed E-state index contributed by atoms with van der Waals surface area (Å²) in [7, 11) is 0. The van der Waals surface area contributed by atoms with E-state index in [2.05, 4.69) is 5.32 Å². The highest BCUT2D eigenvalue weighted by molar-refractivity contribution is 5.96. The Kier molecular flexibility index (Phi) is 5.13. The average molecular weight is 251 g/mol. The van der Waals surface area contributed by atoms with Crippen LogP contribution in [0.15, 0.2) is 18.2 Å². The van der Waals surface area contributed by atoms with Gasteiger partial charge in [-0.15, -0.1) is 0 Å². The Morgan fingerprint density at radius 1 is 1.39 bits per heavy atom. The molecule has 0 heterocycles. The molecule has 0 saturated carbocycles. The number of anilines is 1. The molecule has 98 valence electrons. The molecule has 5 N–H and O–H groups in total. The molecular formula is C12H17N3O3. The molecule has 0 radical (unpaired) electrons. The first-order valence-corrected chi connectivity index (χ1v) is 5.51. The Morgan fingerprint density at radius 3 is 2.78 bits per heavy atom. The summed E-state index contributed by atoms with van der Waals surface area (Å²) >= 11 is 0. The van der Waals surface area contributed by atoms with Gasteiger partial charge in [0, 0.05) is 17.8 Å². The quantitative estimate of drug-likeness (QED) is 0.481. The van der Waals surface area contributed by atoms with Crippen LogP contribution in [0.4, 0.5) is 5.69 Å². The summed E-state index contributed by atoms with van der Waals surface area (Å²) < 4.78 is 4.92. The van der Waals surface area contributed by atoms with Crippen LogP contribution in [0.25, 0.3) is 0 Å². The van der Waals surface area contributed by atoms with E-state index in [1.807, 2.05) is 0 Å². The highest BCUT2D eigenvalue weighted by Crippen LogP contribution is 2.14. The van der Waals surface area contributed by atoms with Gasteiger partial charge in [-0.2, -0.15) is 0 Å². The van der Waals surface area contributed by atoms with Crippen molar-refractivity contribution >= 4 is 17.5 Å². The van der Waals surface area contributed by atoms with E-state index < -0.39 is 5.91 Å². The Labute approximate surface area is 105 Å². The summed E-state index contributed by atoms with van der Waals surface area (Å²) in [5.74, 6) is -0.754. The van der Waals surface area contributed by atoms with Gasteiger partial charge in [-0.05, 0) is 24.6 Å². The first-order valence-electron chi connectivity index (χ1n) is 5.51. The Hall–Kier alpha value is -2.08. The lowest BCUT2D eigenvalue weighted by molar-refractivity contribution is -0.122. The van der Waals surface area contributed by atoms with Crippen molar-refractivity contribution in [2.45, 2.75) is 6.92 Å². The van der Waals surface area contributed by atoms with Crippen molar-refractivity contribution in [2.75, 3.05) is 25.5 Å². The predicted molar refractivity (Wildman–Crippen MR) is 67.9 cm³/mol. The number of nitrogen functional groups attached to an aromatic ring is 1. The number of carbonyl (C=O) groups excluding carboxylic acids is 2. The standard InChI is InChI=1S/C12H17N3O3/c1-8-9(3-2-4-10(8)13)12(17)15-5-6-18-7-11(14)16/h2-4H,5-7,13H2,1H3,(H2,14,16)(H,15,17). The highest BCUT2D eigenvalue weighted by atomic mass is 16.5. The summed E-state index contributed by atoms with van der Waals surface area (Å²) in [5.41, 5.74) is 12.5. The molecule has 0 spiro atoms. The minimum Gasteiger partial charge on any atom is -0.398 e. The van der Waals surface area contributed by atoms with Crippen molar-refractivity contribution in [3.05, 3.63) is 29.3 Å². The van der Waals surface area contributed by atoms with Crippen LogP contribution in [0, 0.1) is 6.92 Å². The number of ether oxygens (including phenoxy) is 1. The van der Waals surface area contributed by atoms with Crippen LogP contribution in [-0.4, -0.2) is 31.6 Å². The SMILES string of the molecule is Cc1c(N)cccc1C(=O)NCCOCC(N)=O. The van der Waals surface area contributed by atoms with Crippen LogP contribution >= 0.6 is 0 Å². The number of nitrogens with two attached hydrogens (primary N) is 2. The zero-order valence-electron chi connectivity index (χ0n) is 10.2. The lowest BCUT2D eigenvalue weighted by Crippen LogP contribution is -2.29. The normalized spacial score (nSPS) is 10.1. The summed E-state index contributed by atoms with van der Waals surface area (Å²) in [6, 6.07) is 5.16. The molecule has 0 aromatic heterocycles. The van der Waals surface area contributed by atoms with Gasteiger partial charge in [0.25, 0.3) is 5.91 Å². The number of amides is 2. The monoisotopic (exact) mass is 251 g/mol. The number of hydrogen-bond donors (Lipinski definition) is 3. The molecule has 6 heteroatoms. The van der Waals surface area contributed by atoms with Crippen molar-refractivity contribution < 1.29 is 14.3 Å². The maximum Gasteiger partial charge on any atom is 0.251 e. The van der Waals surface area contributed by atoms with Crippen molar-refractivity contribution in [1.82, 2.24) is 5.32 Å². The van der Waals surface area contributed by atoms with E-state index in [0.29, 0.717) is 17.8 Å². The van der Waals surface area contributed by atoms with Gasteiger partial charge in [-0.25, -0.2) is 0 Å². The van der Waals surface area contributed by atoms with Crippen molar-refractivity contribution in [2.24, 2.45) is 5.73 Å². The zero-order valence-corrected chi connectivity index (χ0v) is 10.2. The van der Waals surface area contributed by atoms with Crippen LogP contribution in [0.1, 0.15) is 15.9 Å². The second-order valence-corrected chi connectivity index (χ2v) is 3.79. The summed E-state index contributed by atoms with van der Waals surface area (Å²) in [4.78, 5) is 22.2. The predicted octanol–water partition coefficient (Wildman–Crippen LogP) is -0.191. The van der Waals surface area contributed by atoms with E-state index >= 15 is 0 Å². The molecule has 18 heavy (non-hydrogen) atoms. The third-order valence-electron chi connectivity index (χ3n) is 2.40. The second kappa shape index (κ2) is 6.61. The third-order valence-corrected chi connectivity index (χ3v) is 2.40. The number of benzene rings is 1. The molecule has 0 unspecified atom stereocenters. The first-order chi connectivity index (χ1) is 8.52. The lowest BCUT2D eigenvalue weighted by Gasteiger charge is -2.09. The van der Waals surface area contributed by atoms with E-state index in [1.54, 1.807) is 25.1 Å². The average Bonchev–Trinajstić information content (AvgIpc) is 2.31. The number of primary amides is 1. The molecule has 0 atom stereocenters. The Bertz CT molecular complexity index is 446. The number of carbonyl (C=O) groups is 2. The molecule has 2 amide bonds. The fraction of sp³-hybridized carbons (Fsp3) is 0.333. The molecule has 6 nitrogen and oxygen atoms in total. The van der Waals surface area contributed by atoms with Gasteiger partial charge in [0.2, 0.25) is 5.91 Å². The minimum atomic E-state index is -0.534. The second-order valence-electron chi connectivity index (χ2n) is 3.79. The van der Waals surface area contributed by atoms with Crippen LogP contribution in [0.5, 0.6) is 0 Å². The van der Waals surface area contributed by atoms with E-state index in [4.69, 9.17) is 16.2 Å². The summed E-state index contributed by atoms with van der Waals surface area (Å²) in [6.45, 7) is 2.18. The molecule has 1 rings (SSSR count).